The van der Waals surface area contributed by atoms with E-state index in [4.69, 9.17) is 4.42 Å². The van der Waals surface area contributed by atoms with Gasteiger partial charge in [-0.2, -0.15) is 0 Å². The molecule has 2 heteroatoms. The summed E-state index contributed by atoms with van der Waals surface area (Å²) in [5.74, 6) is 0. The molecule has 66 heavy (non-hydrogen) atoms. The van der Waals surface area contributed by atoms with Crippen LogP contribution in [-0.2, 0) is 10.8 Å². The van der Waals surface area contributed by atoms with E-state index < -0.39 is 5.41 Å². The van der Waals surface area contributed by atoms with Crippen molar-refractivity contribution < 1.29 is 4.42 Å². The molecular formula is C64H45NO. The van der Waals surface area contributed by atoms with Crippen LogP contribution in [0.4, 0.5) is 17.1 Å². The average Bonchev–Trinajstić information content (AvgIpc) is 3.99. The number of anilines is 3. The molecule has 11 aromatic rings. The quantitative estimate of drug-likeness (QED) is 0.159. The molecule has 1 heterocycles. The van der Waals surface area contributed by atoms with Crippen molar-refractivity contribution in [3.05, 3.63) is 270 Å². The fourth-order valence-electron chi connectivity index (χ4n) is 11.6. The Morgan fingerprint density at radius 2 is 0.894 bits per heavy atom. The lowest BCUT2D eigenvalue weighted by atomic mass is 9.67. The normalized spacial score (nSPS) is 13.8. The highest BCUT2D eigenvalue weighted by atomic mass is 16.3. The van der Waals surface area contributed by atoms with Crippen LogP contribution in [0.5, 0.6) is 0 Å². The third-order valence-electron chi connectivity index (χ3n) is 14.6. The second-order valence-electron chi connectivity index (χ2n) is 18.4. The lowest BCUT2D eigenvalue weighted by molar-refractivity contribution is 0.660. The monoisotopic (exact) mass is 843 g/mol. The Morgan fingerprint density at radius 3 is 1.67 bits per heavy atom. The van der Waals surface area contributed by atoms with Gasteiger partial charge in [0.2, 0.25) is 0 Å². The zero-order valence-electron chi connectivity index (χ0n) is 36.9. The van der Waals surface area contributed by atoms with Gasteiger partial charge in [-0.3, -0.25) is 0 Å². The number of fused-ring (bicyclic) bond motifs is 9. The van der Waals surface area contributed by atoms with Crippen LogP contribution < -0.4 is 4.90 Å². The topological polar surface area (TPSA) is 16.4 Å². The summed E-state index contributed by atoms with van der Waals surface area (Å²) >= 11 is 0. The molecule has 0 saturated heterocycles. The van der Waals surface area contributed by atoms with Crippen molar-refractivity contribution in [3.8, 4) is 44.5 Å². The molecular weight excluding hydrogens is 799 g/mol. The van der Waals surface area contributed by atoms with Crippen molar-refractivity contribution in [1.29, 1.82) is 0 Å². The Hall–Kier alpha value is -8.20. The van der Waals surface area contributed by atoms with Crippen LogP contribution in [0.25, 0.3) is 66.4 Å². The van der Waals surface area contributed by atoms with Crippen molar-refractivity contribution in [2.45, 2.75) is 24.7 Å². The number of nitrogens with zero attached hydrogens (tertiary/aromatic N) is 1. The minimum Gasteiger partial charge on any atom is -0.455 e. The molecule has 13 rings (SSSR count). The van der Waals surface area contributed by atoms with Crippen LogP contribution in [-0.4, -0.2) is 0 Å². The summed E-state index contributed by atoms with van der Waals surface area (Å²) in [5, 5.41) is 2.27. The molecule has 0 atom stereocenters. The van der Waals surface area contributed by atoms with Crippen LogP contribution in [0.2, 0.25) is 0 Å². The van der Waals surface area contributed by atoms with Gasteiger partial charge >= 0.3 is 0 Å². The average molecular weight is 844 g/mol. The zero-order chi connectivity index (χ0) is 44.0. The van der Waals surface area contributed by atoms with Crippen molar-refractivity contribution in [2.24, 2.45) is 0 Å². The summed E-state index contributed by atoms with van der Waals surface area (Å²) in [6, 6.07) is 86.9. The summed E-state index contributed by atoms with van der Waals surface area (Å²) in [7, 11) is 0. The molecule has 0 unspecified atom stereocenters. The number of rotatable bonds is 7. The summed E-state index contributed by atoms with van der Waals surface area (Å²) in [4.78, 5) is 2.40. The highest BCUT2D eigenvalue weighted by Gasteiger charge is 2.47. The molecule has 312 valence electrons. The molecule has 0 fully saturated rings. The van der Waals surface area contributed by atoms with E-state index in [1.54, 1.807) is 0 Å². The molecule has 2 aliphatic rings. The molecule has 0 radical (unpaired) electrons. The largest absolute Gasteiger partial charge is 0.455 e. The van der Waals surface area contributed by atoms with Crippen LogP contribution in [0.15, 0.2) is 241 Å². The van der Waals surface area contributed by atoms with Crippen LogP contribution in [0.1, 0.15) is 47.2 Å². The van der Waals surface area contributed by atoms with Gasteiger partial charge in [0.1, 0.15) is 11.2 Å². The van der Waals surface area contributed by atoms with Gasteiger partial charge in [0.15, 0.2) is 0 Å². The fraction of sp³-hybridized carbons (Fsp3) is 0.0625. The molecule has 0 N–H and O–H groups in total. The zero-order valence-corrected chi connectivity index (χ0v) is 36.9. The highest BCUT2D eigenvalue weighted by molar-refractivity contribution is 6.10. The Bertz CT molecular complexity index is 3620. The second kappa shape index (κ2) is 14.7. The highest BCUT2D eigenvalue weighted by Crippen LogP contribution is 2.59. The Balaban J connectivity index is 0.988. The third-order valence-corrected chi connectivity index (χ3v) is 14.6. The number of hydrogen-bond donors (Lipinski definition) is 0. The van der Waals surface area contributed by atoms with E-state index in [1.807, 2.05) is 6.07 Å². The Labute approximate surface area is 385 Å². The first-order valence-electron chi connectivity index (χ1n) is 23.0. The molecule has 0 amide bonds. The van der Waals surface area contributed by atoms with E-state index in [0.29, 0.717) is 0 Å². The second-order valence-corrected chi connectivity index (χ2v) is 18.4. The van der Waals surface area contributed by atoms with Crippen molar-refractivity contribution in [2.75, 3.05) is 4.90 Å². The maximum atomic E-state index is 6.64. The maximum Gasteiger partial charge on any atom is 0.143 e. The van der Waals surface area contributed by atoms with Crippen LogP contribution >= 0.6 is 0 Å². The van der Waals surface area contributed by atoms with Gasteiger partial charge in [0.25, 0.3) is 0 Å². The Kier molecular flexibility index (Phi) is 8.51. The minimum absolute atomic E-state index is 0.103. The maximum absolute atomic E-state index is 6.64. The summed E-state index contributed by atoms with van der Waals surface area (Å²) in [6.45, 7) is 4.71. The molecule has 1 aromatic heterocycles. The third kappa shape index (κ3) is 5.55. The predicted octanol–water partition coefficient (Wildman–Crippen LogP) is 17.1. The summed E-state index contributed by atoms with van der Waals surface area (Å²) in [6.07, 6.45) is 0. The fourth-order valence-corrected chi connectivity index (χ4v) is 11.6. The smallest absolute Gasteiger partial charge is 0.143 e. The van der Waals surface area contributed by atoms with Crippen LogP contribution in [0, 0.1) is 0 Å². The lowest BCUT2D eigenvalue weighted by Gasteiger charge is -2.34. The van der Waals surface area contributed by atoms with E-state index in [2.05, 4.69) is 249 Å². The number of hydrogen-bond acceptors (Lipinski definition) is 2. The van der Waals surface area contributed by atoms with Crippen molar-refractivity contribution in [3.63, 3.8) is 0 Å². The molecule has 0 aliphatic heterocycles. The molecule has 10 aromatic carbocycles. The van der Waals surface area contributed by atoms with Gasteiger partial charge < -0.3 is 9.32 Å². The van der Waals surface area contributed by atoms with E-state index in [-0.39, 0.29) is 5.41 Å². The van der Waals surface area contributed by atoms with E-state index in [1.165, 1.54) is 66.8 Å². The van der Waals surface area contributed by atoms with Gasteiger partial charge in [-0.15, -0.1) is 0 Å². The first-order chi connectivity index (χ1) is 32.5. The molecule has 0 saturated carbocycles. The molecule has 0 bridgehead atoms. The van der Waals surface area contributed by atoms with Gasteiger partial charge in [-0.25, -0.2) is 0 Å². The van der Waals surface area contributed by atoms with Crippen molar-refractivity contribution >= 4 is 39.0 Å². The number of benzene rings is 10. The number of furan rings is 1. The van der Waals surface area contributed by atoms with Gasteiger partial charge in [0, 0.05) is 38.8 Å². The molecule has 0 spiro atoms. The number of para-hydroxylation sites is 3. The van der Waals surface area contributed by atoms with E-state index in [0.717, 1.165) is 50.1 Å². The van der Waals surface area contributed by atoms with Crippen molar-refractivity contribution in [1.82, 2.24) is 0 Å². The SMILES string of the molecule is CC1(C)c2ccccc2-c2ccc(N(c3ccccc3)c3ccc(-c4cccc5c4-c4ccc(-c6cccc7c6oc6ccccc67)cc4C5(c4ccccc4)c4ccccc4)cc3)cc21. The summed E-state index contributed by atoms with van der Waals surface area (Å²) in [5.41, 5.74) is 22.0. The summed E-state index contributed by atoms with van der Waals surface area (Å²) < 4.78 is 6.64. The van der Waals surface area contributed by atoms with Gasteiger partial charge in [-0.05, 0) is 121 Å². The molecule has 2 aliphatic carbocycles. The Morgan fingerprint density at radius 1 is 0.348 bits per heavy atom. The van der Waals surface area contributed by atoms with E-state index in [9.17, 15) is 0 Å². The first kappa shape index (κ1) is 38.3. The lowest BCUT2D eigenvalue weighted by Crippen LogP contribution is -2.28. The predicted molar refractivity (Wildman–Crippen MR) is 274 cm³/mol. The van der Waals surface area contributed by atoms with Crippen LogP contribution in [0.3, 0.4) is 0 Å². The van der Waals surface area contributed by atoms with Gasteiger partial charge in [-0.1, -0.05) is 202 Å². The van der Waals surface area contributed by atoms with Gasteiger partial charge in [0.05, 0.1) is 5.41 Å². The van der Waals surface area contributed by atoms with E-state index >= 15 is 0 Å². The first-order valence-corrected chi connectivity index (χ1v) is 23.0. The molecule has 2 nitrogen and oxygen atoms in total. The minimum atomic E-state index is -0.577. The standard InChI is InChI=1S/C64H45NO/c1-63(2)56-29-14-12-24-51(56)52-39-37-48(41-58(52)63)65(46-22-10-5-11-23-46)47-35-32-42(33-36-47)49-26-17-30-57-61(49)55-38-34-43(50-27-16-28-54-53-25-13-15-31-60(53)66-62(50)54)40-59(55)64(57,44-18-6-3-7-19-44)45-20-8-4-9-21-45/h3-41H,1-2H3.